The first-order valence-corrected chi connectivity index (χ1v) is 10.2. The van der Waals surface area contributed by atoms with Crippen LogP contribution in [0, 0.1) is 12.3 Å². The Balaban J connectivity index is 1.76. The molecule has 170 valence electrons. The van der Waals surface area contributed by atoms with Crippen molar-refractivity contribution in [1.29, 1.82) is 0 Å². The summed E-state index contributed by atoms with van der Waals surface area (Å²) >= 11 is 0. The second-order valence-corrected chi connectivity index (χ2v) is 8.80. The number of imidazole rings is 1. The van der Waals surface area contributed by atoms with E-state index in [0.717, 1.165) is 17.2 Å². The minimum atomic E-state index is -4.62. The van der Waals surface area contributed by atoms with Crippen LogP contribution in [0.3, 0.4) is 0 Å². The molecule has 0 saturated carbocycles. The lowest BCUT2D eigenvalue weighted by atomic mass is 9.95. The number of nitrogens with one attached hydrogen (secondary N) is 1. The first kappa shape index (κ1) is 22.4. The Morgan fingerprint density at radius 2 is 1.79 bits per heavy atom. The van der Waals surface area contributed by atoms with Gasteiger partial charge in [0.05, 0.1) is 28.8 Å². The predicted molar refractivity (Wildman–Crippen MR) is 119 cm³/mol. The van der Waals surface area contributed by atoms with Gasteiger partial charge in [0.1, 0.15) is 0 Å². The van der Waals surface area contributed by atoms with Crippen molar-refractivity contribution in [3.63, 3.8) is 0 Å². The van der Waals surface area contributed by atoms with Gasteiger partial charge in [-0.25, -0.2) is 9.50 Å². The van der Waals surface area contributed by atoms with Crippen molar-refractivity contribution in [2.45, 2.75) is 33.9 Å². The number of anilines is 1. The number of fused-ring (bicyclic) bond motifs is 1. The molecule has 0 saturated heterocycles. The van der Waals surface area contributed by atoms with Crippen LogP contribution in [0.1, 0.15) is 31.9 Å². The zero-order valence-electron chi connectivity index (χ0n) is 18.5. The van der Waals surface area contributed by atoms with E-state index in [9.17, 15) is 18.0 Å². The Bertz CT molecular complexity index is 1350. The number of halogens is 3. The molecule has 0 bridgehead atoms. The van der Waals surface area contributed by atoms with E-state index in [1.165, 1.54) is 12.1 Å². The largest absolute Gasteiger partial charge is 0.418 e. The number of carbonyl (C=O) groups excluding carboxylic acids is 1. The lowest BCUT2D eigenvalue weighted by molar-refractivity contribution is -0.137. The van der Waals surface area contributed by atoms with Gasteiger partial charge in [-0.2, -0.15) is 18.3 Å². The minimum Gasteiger partial charge on any atom is -0.325 e. The highest BCUT2D eigenvalue weighted by Gasteiger charge is 2.35. The molecule has 0 radical (unpaired) electrons. The van der Waals surface area contributed by atoms with Crippen LogP contribution < -0.4 is 5.32 Å². The third-order valence-electron chi connectivity index (χ3n) is 5.19. The molecule has 3 aromatic heterocycles. The third-order valence-corrected chi connectivity index (χ3v) is 5.19. The van der Waals surface area contributed by atoms with E-state index in [-0.39, 0.29) is 5.69 Å². The molecule has 33 heavy (non-hydrogen) atoms. The molecule has 9 heteroatoms. The molecule has 4 rings (SSSR count). The molecule has 4 aromatic rings. The number of rotatable bonds is 3. The molecule has 0 aliphatic rings. The average Bonchev–Trinajstić information content (AvgIpc) is 3.16. The number of alkyl halides is 3. The number of nitrogens with zero attached hydrogens (tertiary/aromatic N) is 4. The van der Waals surface area contributed by atoms with Gasteiger partial charge in [-0.1, -0.05) is 26.8 Å². The van der Waals surface area contributed by atoms with Crippen LogP contribution in [0.25, 0.3) is 28.2 Å². The summed E-state index contributed by atoms with van der Waals surface area (Å²) in [5.41, 5.74) is 1.90. The maximum Gasteiger partial charge on any atom is 0.418 e. The number of hydrogen-bond acceptors (Lipinski definition) is 4. The van der Waals surface area contributed by atoms with Gasteiger partial charge in [-0.05, 0) is 42.8 Å². The Morgan fingerprint density at radius 3 is 2.45 bits per heavy atom. The number of aromatic nitrogens is 4. The lowest BCUT2D eigenvalue weighted by Gasteiger charge is -2.20. The lowest BCUT2D eigenvalue weighted by Crippen LogP contribution is -2.28. The molecule has 0 fully saturated rings. The molecule has 6 nitrogen and oxygen atoms in total. The van der Waals surface area contributed by atoms with E-state index < -0.39 is 23.1 Å². The molecule has 1 amide bonds. The van der Waals surface area contributed by atoms with Crippen molar-refractivity contribution < 1.29 is 18.0 Å². The van der Waals surface area contributed by atoms with Gasteiger partial charge in [-0.15, -0.1) is 0 Å². The molecule has 0 aliphatic carbocycles. The molecule has 3 heterocycles. The standard InChI is InChI=1S/C24H22F3N5O/c1-14-9-10-28-12-16(14)18-7-8-21-29-20(13-32(21)31-18)15-5-6-17(24(25,26)27)19(11-15)30-22(33)23(2,3)4/h5-13H,1-4H3,(H,30,33). The van der Waals surface area contributed by atoms with Crippen molar-refractivity contribution in [2.24, 2.45) is 5.41 Å². The highest BCUT2D eigenvalue weighted by atomic mass is 19.4. The Labute approximate surface area is 188 Å². The van der Waals surface area contributed by atoms with Crippen molar-refractivity contribution in [2.75, 3.05) is 5.32 Å². The summed E-state index contributed by atoms with van der Waals surface area (Å²) in [5.74, 6) is -0.515. The summed E-state index contributed by atoms with van der Waals surface area (Å²) < 4.78 is 42.2. The van der Waals surface area contributed by atoms with Gasteiger partial charge >= 0.3 is 6.18 Å². The first-order chi connectivity index (χ1) is 15.4. The van der Waals surface area contributed by atoms with Crippen LogP contribution in [0.2, 0.25) is 0 Å². The van der Waals surface area contributed by atoms with Crippen molar-refractivity contribution >= 4 is 17.2 Å². The van der Waals surface area contributed by atoms with Crippen LogP contribution in [0.5, 0.6) is 0 Å². The van der Waals surface area contributed by atoms with E-state index >= 15 is 0 Å². The highest BCUT2D eigenvalue weighted by Crippen LogP contribution is 2.38. The molecule has 0 atom stereocenters. The van der Waals surface area contributed by atoms with Gasteiger partial charge in [-0.3, -0.25) is 9.78 Å². The number of carbonyl (C=O) groups is 1. The fourth-order valence-corrected chi connectivity index (χ4v) is 3.26. The molecule has 0 aliphatic heterocycles. The molecule has 1 N–H and O–H groups in total. The van der Waals surface area contributed by atoms with Gasteiger partial charge in [0, 0.05) is 28.9 Å². The van der Waals surface area contributed by atoms with Crippen LogP contribution in [-0.2, 0) is 11.0 Å². The zero-order chi connectivity index (χ0) is 24.0. The van der Waals surface area contributed by atoms with Crippen LogP contribution in [-0.4, -0.2) is 25.5 Å². The van der Waals surface area contributed by atoms with Crippen molar-refractivity contribution in [1.82, 2.24) is 19.6 Å². The van der Waals surface area contributed by atoms with Crippen molar-refractivity contribution in [3.05, 3.63) is 66.1 Å². The Kier molecular flexibility index (Phi) is 5.43. The SMILES string of the molecule is Cc1ccncc1-c1ccc2nc(-c3ccc(C(F)(F)F)c(NC(=O)C(C)(C)C)c3)cn2n1. The van der Waals surface area contributed by atoms with Crippen LogP contribution in [0.4, 0.5) is 18.9 Å². The monoisotopic (exact) mass is 453 g/mol. The Hall–Kier alpha value is -3.75. The third kappa shape index (κ3) is 4.57. The summed E-state index contributed by atoms with van der Waals surface area (Å²) in [7, 11) is 0. The maximum atomic E-state index is 13.5. The van der Waals surface area contributed by atoms with Crippen LogP contribution >= 0.6 is 0 Å². The molecular formula is C24H22F3N5O. The maximum absolute atomic E-state index is 13.5. The summed E-state index contributed by atoms with van der Waals surface area (Å²) in [6.07, 6.45) is 0.452. The predicted octanol–water partition coefficient (Wildman–Crippen LogP) is 5.77. The molecular weight excluding hydrogens is 431 g/mol. The van der Waals surface area contributed by atoms with Crippen molar-refractivity contribution in [3.8, 4) is 22.5 Å². The fraction of sp³-hybridized carbons (Fsp3) is 0.250. The summed E-state index contributed by atoms with van der Waals surface area (Å²) in [5, 5.41) is 7.00. The molecule has 0 unspecified atom stereocenters. The van der Waals surface area contributed by atoms with E-state index in [1.54, 1.807) is 49.9 Å². The van der Waals surface area contributed by atoms with Gasteiger partial charge in [0.25, 0.3) is 0 Å². The van der Waals surface area contributed by atoms with E-state index in [0.29, 0.717) is 22.6 Å². The first-order valence-electron chi connectivity index (χ1n) is 10.2. The minimum absolute atomic E-state index is 0.309. The summed E-state index contributed by atoms with van der Waals surface area (Å²) in [6.45, 7) is 6.86. The van der Waals surface area contributed by atoms with E-state index in [1.807, 2.05) is 19.1 Å². The molecule has 0 spiro atoms. The van der Waals surface area contributed by atoms with Gasteiger partial charge in [0.2, 0.25) is 5.91 Å². The average molecular weight is 453 g/mol. The second kappa shape index (κ2) is 7.99. The quantitative estimate of drug-likeness (QED) is 0.427. The highest BCUT2D eigenvalue weighted by molar-refractivity contribution is 5.96. The van der Waals surface area contributed by atoms with Crippen LogP contribution in [0.15, 0.2) is 55.0 Å². The number of benzene rings is 1. The second-order valence-electron chi connectivity index (χ2n) is 8.80. The number of aryl methyl sites for hydroxylation is 1. The molecule has 1 aromatic carbocycles. The summed E-state index contributed by atoms with van der Waals surface area (Å²) in [6, 6.07) is 9.07. The number of amides is 1. The number of hydrogen-bond donors (Lipinski definition) is 1. The zero-order valence-corrected chi connectivity index (χ0v) is 18.5. The van der Waals surface area contributed by atoms with Gasteiger partial charge < -0.3 is 5.32 Å². The number of pyridine rings is 1. The topological polar surface area (TPSA) is 72.2 Å². The van der Waals surface area contributed by atoms with E-state index in [4.69, 9.17) is 0 Å². The summed E-state index contributed by atoms with van der Waals surface area (Å²) in [4.78, 5) is 21.0. The van der Waals surface area contributed by atoms with E-state index in [2.05, 4.69) is 20.4 Å². The fourth-order valence-electron chi connectivity index (χ4n) is 3.26. The smallest absolute Gasteiger partial charge is 0.325 e. The van der Waals surface area contributed by atoms with Gasteiger partial charge in [0.15, 0.2) is 5.65 Å². The normalized spacial score (nSPS) is 12.2. The Morgan fingerprint density at radius 1 is 1.03 bits per heavy atom.